The topological polar surface area (TPSA) is 28.2 Å². The van der Waals surface area contributed by atoms with E-state index in [1.165, 1.54) is 24.8 Å². The zero-order valence-electron chi connectivity index (χ0n) is 10.2. The molecule has 1 saturated carbocycles. The highest BCUT2D eigenvalue weighted by atomic mass is 15.2. The van der Waals surface area contributed by atoms with E-state index in [9.17, 15) is 0 Å². The van der Waals surface area contributed by atoms with E-state index in [0.29, 0.717) is 12.1 Å². The standard InChI is InChI=1S/C13H21N3/c1-14-12-6-3-7-13(12)16(2)10-11-5-4-8-15-9-11/h4-5,8-9,12-14H,3,6-7,10H2,1-2H3. The molecular formula is C13H21N3. The van der Waals surface area contributed by atoms with E-state index in [1.807, 2.05) is 18.5 Å². The van der Waals surface area contributed by atoms with Gasteiger partial charge in [0.2, 0.25) is 0 Å². The number of rotatable bonds is 4. The Hall–Kier alpha value is -0.930. The van der Waals surface area contributed by atoms with Crippen LogP contribution in [-0.4, -0.2) is 36.1 Å². The SMILES string of the molecule is CNC1CCCC1N(C)Cc1cccnc1. The van der Waals surface area contributed by atoms with Gasteiger partial charge in [0.05, 0.1) is 0 Å². The number of nitrogens with one attached hydrogen (secondary N) is 1. The number of aromatic nitrogens is 1. The zero-order chi connectivity index (χ0) is 11.4. The average Bonchev–Trinajstić information content (AvgIpc) is 2.78. The lowest BCUT2D eigenvalue weighted by molar-refractivity contribution is 0.208. The smallest absolute Gasteiger partial charge is 0.0312 e. The molecule has 1 aromatic heterocycles. The maximum atomic E-state index is 4.16. The lowest BCUT2D eigenvalue weighted by atomic mass is 10.1. The molecule has 0 aromatic carbocycles. The van der Waals surface area contributed by atoms with Crippen molar-refractivity contribution in [1.82, 2.24) is 15.2 Å². The van der Waals surface area contributed by atoms with Crippen LogP contribution in [0.15, 0.2) is 24.5 Å². The molecule has 0 aliphatic heterocycles. The lowest BCUT2D eigenvalue weighted by Gasteiger charge is -2.29. The van der Waals surface area contributed by atoms with Crippen LogP contribution in [0, 0.1) is 0 Å². The summed E-state index contributed by atoms with van der Waals surface area (Å²) in [5.41, 5.74) is 1.30. The highest BCUT2D eigenvalue weighted by Gasteiger charge is 2.28. The molecule has 0 bridgehead atoms. The van der Waals surface area contributed by atoms with E-state index in [2.05, 4.69) is 35.4 Å². The Bertz CT molecular complexity index is 312. The predicted molar refractivity (Wildman–Crippen MR) is 66.2 cm³/mol. The number of likely N-dealkylation sites (N-methyl/N-ethyl adjacent to an activating group) is 2. The minimum absolute atomic E-state index is 0.654. The highest BCUT2D eigenvalue weighted by Crippen LogP contribution is 2.24. The third kappa shape index (κ3) is 2.60. The second-order valence-electron chi connectivity index (χ2n) is 4.67. The van der Waals surface area contributed by atoms with Gasteiger partial charge in [0.15, 0.2) is 0 Å². The molecule has 3 nitrogen and oxygen atoms in total. The summed E-state index contributed by atoms with van der Waals surface area (Å²) in [5, 5.41) is 3.42. The molecule has 0 saturated heterocycles. The molecule has 0 amide bonds. The highest BCUT2D eigenvalue weighted by molar-refractivity contribution is 5.08. The fourth-order valence-corrected chi connectivity index (χ4v) is 2.70. The Balaban J connectivity index is 1.95. The molecule has 1 aliphatic carbocycles. The van der Waals surface area contributed by atoms with Crippen LogP contribution in [-0.2, 0) is 6.54 Å². The lowest BCUT2D eigenvalue weighted by Crippen LogP contribution is -2.43. The molecule has 1 N–H and O–H groups in total. The molecule has 3 heteroatoms. The van der Waals surface area contributed by atoms with Crippen molar-refractivity contribution in [1.29, 1.82) is 0 Å². The largest absolute Gasteiger partial charge is 0.315 e. The fourth-order valence-electron chi connectivity index (χ4n) is 2.70. The monoisotopic (exact) mass is 219 g/mol. The van der Waals surface area contributed by atoms with Gasteiger partial charge in [-0.05, 0) is 38.6 Å². The molecule has 1 aliphatic rings. The quantitative estimate of drug-likeness (QED) is 0.834. The molecule has 0 spiro atoms. The van der Waals surface area contributed by atoms with Gasteiger partial charge in [-0.3, -0.25) is 9.88 Å². The Morgan fingerprint density at radius 1 is 1.50 bits per heavy atom. The number of nitrogens with zero attached hydrogens (tertiary/aromatic N) is 2. The average molecular weight is 219 g/mol. The van der Waals surface area contributed by atoms with Crippen molar-refractivity contribution in [3.05, 3.63) is 30.1 Å². The molecule has 0 radical (unpaired) electrons. The third-order valence-electron chi connectivity index (χ3n) is 3.57. The summed E-state index contributed by atoms with van der Waals surface area (Å²) in [6, 6.07) is 5.48. The first-order valence-electron chi connectivity index (χ1n) is 6.07. The maximum absolute atomic E-state index is 4.16. The van der Waals surface area contributed by atoms with Crippen molar-refractivity contribution >= 4 is 0 Å². The first-order valence-corrected chi connectivity index (χ1v) is 6.07. The molecule has 2 rings (SSSR count). The van der Waals surface area contributed by atoms with Gasteiger partial charge < -0.3 is 5.32 Å². The van der Waals surface area contributed by atoms with Crippen LogP contribution in [0.3, 0.4) is 0 Å². The van der Waals surface area contributed by atoms with Crippen LogP contribution in [0.1, 0.15) is 24.8 Å². The zero-order valence-corrected chi connectivity index (χ0v) is 10.2. The summed E-state index contributed by atoms with van der Waals surface area (Å²) < 4.78 is 0. The molecular weight excluding hydrogens is 198 g/mol. The van der Waals surface area contributed by atoms with Crippen LogP contribution in [0.4, 0.5) is 0 Å². The van der Waals surface area contributed by atoms with Crippen molar-refractivity contribution in [2.45, 2.75) is 37.9 Å². The van der Waals surface area contributed by atoms with Crippen molar-refractivity contribution in [3.8, 4) is 0 Å². The van der Waals surface area contributed by atoms with Crippen molar-refractivity contribution < 1.29 is 0 Å². The maximum Gasteiger partial charge on any atom is 0.0312 e. The van der Waals surface area contributed by atoms with Crippen LogP contribution in [0.25, 0.3) is 0 Å². The van der Waals surface area contributed by atoms with Crippen molar-refractivity contribution in [3.63, 3.8) is 0 Å². The number of pyridine rings is 1. The summed E-state index contributed by atoms with van der Waals surface area (Å²) in [5.74, 6) is 0. The van der Waals surface area contributed by atoms with Gasteiger partial charge in [-0.15, -0.1) is 0 Å². The third-order valence-corrected chi connectivity index (χ3v) is 3.57. The molecule has 16 heavy (non-hydrogen) atoms. The van der Waals surface area contributed by atoms with Crippen LogP contribution < -0.4 is 5.32 Å². The van der Waals surface area contributed by atoms with Gasteiger partial charge in [0.1, 0.15) is 0 Å². The molecule has 1 heterocycles. The summed E-state index contributed by atoms with van der Waals surface area (Å²) in [6.45, 7) is 0.997. The molecule has 2 unspecified atom stereocenters. The van der Waals surface area contributed by atoms with Gasteiger partial charge in [-0.2, -0.15) is 0 Å². The van der Waals surface area contributed by atoms with E-state index in [1.54, 1.807) is 0 Å². The predicted octanol–water partition coefficient (Wildman–Crippen LogP) is 1.65. The summed E-state index contributed by atoms with van der Waals surface area (Å²) in [7, 11) is 4.29. The number of hydrogen-bond acceptors (Lipinski definition) is 3. The van der Waals surface area contributed by atoms with Gasteiger partial charge >= 0.3 is 0 Å². The van der Waals surface area contributed by atoms with Gasteiger partial charge in [-0.25, -0.2) is 0 Å². The first-order chi connectivity index (χ1) is 7.81. The van der Waals surface area contributed by atoms with Gasteiger partial charge in [-0.1, -0.05) is 12.5 Å². The summed E-state index contributed by atoms with van der Waals surface area (Å²) >= 11 is 0. The minimum atomic E-state index is 0.654. The van der Waals surface area contributed by atoms with E-state index in [-0.39, 0.29) is 0 Å². The van der Waals surface area contributed by atoms with E-state index in [0.717, 1.165) is 6.54 Å². The minimum Gasteiger partial charge on any atom is -0.315 e. The normalized spacial score (nSPS) is 25.2. The second-order valence-corrected chi connectivity index (χ2v) is 4.67. The molecule has 88 valence electrons. The van der Waals surface area contributed by atoms with Gasteiger partial charge in [0, 0.05) is 31.0 Å². The Kier molecular flexibility index (Phi) is 3.91. The second kappa shape index (κ2) is 5.41. The van der Waals surface area contributed by atoms with Crippen molar-refractivity contribution in [2.24, 2.45) is 0 Å². The summed E-state index contributed by atoms with van der Waals surface area (Å²) in [4.78, 5) is 6.61. The van der Waals surface area contributed by atoms with Gasteiger partial charge in [0.25, 0.3) is 0 Å². The number of hydrogen-bond donors (Lipinski definition) is 1. The van der Waals surface area contributed by atoms with E-state index < -0.39 is 0 Å². The van der Waals surface area contributed by atoms with Crippen LogP contribution in [0.2, 0.25) is 0 Å². The Morgan fingerprint density at radius 2 is 2.38 bits per heavy atom. The van der Waals surface area contributed by atoms with E-state index in [4.69, 9.17) is 0 Å². The molecule has 2 atom stereocenters. The fraction of sp³-hybridized carbons (Fsp3) is 0.615. The van der Waals surface area contributed by atoms with Crippen molar-refractivity contribution in [2.75, 3.05) is 14.1 Å². The first kappa shape index (κ1) is 11.6. The van der Waals surface area contributed by atoms with Crippen LogP contribution >= 0.6 is 0 Å². The van der Waals surface area contributed by atoms with Crippen LogP contribution in [0.5, 0.6) is 0 Å². The molecule has 1 fully saturated rings. The Labute approximate surface area is 97.9 Å². The summed E-state index contributed by atoms with van der Waals surface area (Å²) in [6.07, 6.45) is 7.74. The molecule has 1 aromatic rings. The van der Waals surface area contributed by atoms with E-state index >= 15 is 0 Å². The Morgan fingerprint density at radius 3 is 3.06 bits per heavy atom.